The summed E-state index contributed by atoms with van der Waals surface area (Å²) in [7, 11) is 0. The predicted octanol–water partition coefficient (Wildman–Crippen LogP) is 12.2. The van der Waals surface area contributed by atoms with Gasteiger partial charge < -0.3 is 18.9 Å². The van der Waals surface area contributed by atoms with Gasteiger partial charge in [0.1, 0.15) is 23.0 Å². The zero-order valence-corrected chi connectivity index (χ0v) is 32.6. The number of carbonyl (C=O) groups excluding carboxylic acids is 2. The molecule has 0 amide bonds. The quantitative estimate of drug-likeness (QED) is 0.0714. The molecule has 6 heteroatoms. The second-order valence-electron chi connectivity index (χ2n) is 14.2. The Morgan fingerprint density at radius 3 is 1.13 bits per heavy atom. The van der Waals surface area contributed by atoms with Gasteiger partial charge in [-0.3, -0.25) is 0 Å². The summed E-state index contributed by atoms with van der Waals surface area (Å²) in [5.74, 6) is 2.87. The lowest BCUT2D eigenvalue weighted by molar-refractivity contribution is 0.0723. The second kappa shape index (κ2) is 19.9. The normalized spacial score (nSPS) is 12.2. The number of esters is 2. The van der Waals surface area contributed by atoms with Crippen molar-refractivity contribution in [2.75, 3.05) is 13.2 Å². The van der Waals surface area contributed by atoms with Crippen LogP contribution in [0.2, 0.25) is 0 Å². The van der Waals surface area contributed by atoms with Crippen molar-refractivity contribution in [3.8, 4) is 34.1 Å². The topological polar surface area (TPSA) is 71.1 Å². The highest BCUT2D eigenvalue weighted by molar-refractivity contribution is 5.92. The van der Waals surface area contributed by atoms with Gasteiger partial charge in [0, 0.05) is 0 Å². The Balaban J connectivity index is 1.38. The fourth-order valence-electron chi connectivity index (χ4n) is 6.46. The highest BCUT2D eigenvalue weighted by atomic mass is 16.5. The Morgan fingerprint density at radius 1 is 0.519 bits per heavy atom. The van der Waals surface area contributed by atoms with Gasteiger partial charge in [-0.05, 0) is 159 Å². The number of hydrogen-bond donors (Lipinski definition) is 0. The molecule has 0 aliphatic carbocycles. The van der Waals surface area contributed by atoms with Gasteiger partial charge in [0.25, 0.3) is 0 Å². The first kappa shape index (κ1) is 40.2. The van der Waals surface area contributed by atoms with Gasteiger partial charge in [-0.1, -0.05) is 66.2 Å². The molecule has 2 atom stereocenters. The number of aryl methyl sites for hydroxylation is 4. The Hall–Kier alpha value is -4.58. The lowest BCUT2D eigenvalue weighted by Crippen LogP contribution is -2.12. The van der Waals surface area contributed by atoms with Crippen molar-refractivity contribution in [3.63, 3.8) is 0 Å². The minimum atomic E-state index is -0.410. The van der Waals surface area contributed by atoms with Gasteiger partial charge in [-0.2, -0.15) is 0 Å². The first-order chi connectivity index (χ1) is 25.1. The van der Waals surface area contributed by atoms with E-state index in [1.165, 1.54) is 38.5 Å². The zero-order chi connectivity index (χ0) is 37.6. The molecule has 0 spiro atoms. The van der Waals surface area contributed by atoms with Gasteiger partial charge in [0.2, 0.25) is 0 Å². The smallest absolute Gasteiger partial charge is 0.343 e. The van der Waals surface area contributed by atoms with E-state index in [-0.39, 0.29) is 0 Å². The number of ether oxygens (including phenoxy) is 4. The highest BCUT2D eigenvalue weighted by Gasteiger charge is 2.18. The second-order valence-corrected chi connectivity index (χ2v) is 14.2. The first-order valence-electron chi connectivity index (χ1n) is 19.2. The summed E-state index contributed by atoms with van der Waals surface area (Å²) in [6.07, 6.45) is 9.31. The molecule has 52 heavy (non-hydrogen) atoms. The number of carbonyl (C=O) groups is 2. The molecule has 0 bridgehead atoms. The number of rotatable bonds is 19. The molecule has 0 aliphatic rings. The van der Waals surface area contributed by atoms with Crippen molar-refractivity contribution >= 4 is 11.9 Å². The van der Waals surface area contributed by atoms with Crippen LogP contribution < -0.4 is 18.9 Å². The third-order valence-corrected chi connectivity index (χ3v) is 9.88. The summed E-state index contributed by atoms with van der Waals surface area (Å²) in [5, 5.41) is 0. The summed E-state index contributed by atoms with van der Waals surface area (Å²) in [4.78, 5) is 26.3. The molecule has 0 aromatic heterocycles. The van der Waals surface area contributed by atoms with Gasteiger partial charge in [-0.25, -0.2) is 9.59 Å². The minimum Gasteiger partial charge on any atom is -0.493 e. The van der Waals surface area contributed by atoms with E-state index in [1.807, 2.05) is 76.2 Å². The maximum Gasteiger partial charge on any atom is 0.343 e. The summed E-state index contributed by atoms with van der Waals surface area (Å²) >= 11 is 0. The highest BCUT2D eigenvalue weighted by Crippen LogP contribution is 2.35. The summed E-state index contributed by atoms with van der Waals surface area (Å²) in [6.45, 7) is 18.0. The van der Waals surface area contributed by atoms with E-state index >= 15 is 0 Å². The molecular formula is C46H58O6. The van der Waals surface area contributed by atoms with E-state index in [2.05, 4.69) is 27.7 Å². The van der Waals surface area contributed by atoms with Crippen molar-refractivity contribution < 1.29 is 28.5 Å². The SMILES string of the molecule is CCCCC(CC)COc1ccc(C(=O)Oc2c(C)cc(-c3cc(C)c(OC(=O)c4ccc(OCC(CC)CCCC)cc4)c(C)c3)cc2C)cc1. The zero-order valence-electron chi connectivity index (χ0n) is 32.6. The van der Waals surface area contributed by atoms with Crippen LogP contribution in [0.25, 0.3) is 11.1 Å². The average Bonchev–Trinajstić information content (AvgIpc) is 3.14. The van der Waals surface area contributed by atoms with Gasteiger partial charge in [0.15, 0.2) is 0 Å². The monoisotopic (exact) mass is 706 g/mol. The predicted molar refractivity (Wildman–Crippen MR) is 211 cm³/mol. The molecule has 0 heterocycles. The molecule has 4 rings (SSSR count). The number of hydrogen-bond acceptors (Lipinski definition) is 6. The van der Waals surface area contributed by atoms with Crippen LogP contribution in [0, 0.1) is 39.5 Å². The first-order valence-corrected chi connectivity index (χ1v) is 19.2. The van der Waals surface area contributed by atoms with Crippen LogP contribution in [0.1, 0.15) is 122 Å². The Morgan fingerprint density at radius 2 is 0.846 bits per heavy atom. The lowest BCUT2D eigenvalue weighted by atomic mass is 9.96. The van der Waals surface area contributed by atoms with E-state index in [4.69, 9.17) is 18.9 Å². The maximum atomic E-state index is 13.1. The number of unbranched alkanes of at least 4 members (excludes halogenated alkanes) is 2. The van der Waals surface area contributed by atoms with Crippen LogP contribution in [0.15, 0.2) is 72.8 Å². The summed E-state index contributed by atoms with van der Waals surface area (Å²) < 4.78 is 23.8. The maximum absolute atomic E-state index is 13.1. The van der Waals surface area contributed by atoms with E-state index in [0.29, 0.717) is 47.7 Å². The van der Waals surface area contributed by atoms with E-state index in [0.717, 1.165) is 57.7 Å². The molecule has 0 N–H and O–H groups in total. The van der Waals surface area contributed by atoms with Crippen molar-refractivity contribution in [3.05, 3.63) is 106 Å². The Bertz CT molecular complexity index is 1580. The van der Waals surface area contributed by atoms with Crippen molar-refractivity contribution in [2.24, 2.45) is 11.8 Å². The van der Waals surface area contributed by atoms with Crippen molar-refractivity contribution in [1.82, 2.24) is 0 Å². The molecule has 0 saturated heterocycles. The standard InChI is InChI=1S/C46H58O6/c1-9-13-15-35(11-3)29-49-41-21-17-37(18-22-41)45(47)51-43-31(5)25-39(26-32(43)6)40-27-33(7)44(34(8)28-40)52-46(48)38-19-23-42(24-20-38)50-30-36(12-4)16-14-10-2/h17-28,35-36H,9-16,29-30H2,1-8H3. The fourth-order valence-corrected chi connectivity index (χ4v) is 6.46. The van der Waals surface area contributed by atoms with Crippen LogP contribution in [0.5, 0.6) is 23.0 Å². The molecule has 4 aromatic rings. The molecular weight excluding hydrogens is 648 g/mol. The molecule has 0 saturated carbocycles. The summed E-state index contributed by atoms with van der Waals surface area (Å²) in [5.41, 5.74) is 6.32. The van der Waals surface area contributed by atoms with Crippen LogP contribution in [0.3, 0.4) is 0 Å². The van der Waals surface area contributed by atoms with Crippen molar-refractivity contribution in [2.45, 2.75) is 107 Å². The minimum absolute atomic E-state index is 0.410. The van der Waals surface area contributed by atoms with E-state index < -0.39 is 11.9 Å². The van der Waals surface area contributed by atoms with Gasteiger partial charge in [-0.15, -0.1) is 0 Å². The molecule has 0 aliphatic heterocycles. The largest absolute Gasteiger partial charge is 0.493 e. The molecule has 0 radical (unpaired) electrons. The average molecular weight is 707 g/mol. The fraction of sp³-hybridized carbons (Fsp3) is 0.435. The molecule has 4 aromatic carbocycles. The van der Waals surface area contributed by atoms with Gasteiger partial charge in [0.05, 0.1) is 24.3 Å². The lowest BCUT2D eigenvalue weighted by Gasteiger charge is -2.17. The van der Waals surface area contributed by atoms with Crippen LogP contribution >= 0.6 is 0 Å². The van der Waals surface area contributed by atoms with Crippen LogP contribution in [-0.4, -0.2) is 25.2 Å². The van der Waals surface area contributed by atoms with E-state index in [1.54, 1.807) is 24.3 Å². The van der Waals surface area contributed by atoms with Crippen LogP contribution in [-0.2, 0) is 0 Å². The van der Waals surface area contributed by atoms with Crippen molar-refractivity contribution in [1.29, 1.82) is 0 Å². The molecule has 6 nitrogen and oxygen atoms in total. The molecule has 0 fully saturated rings. The third kappa shape index (κ3) is 11.2. The molecule has 278 valence electrons. The Kier molecular flexibility index (Phi) is 15.4. The summed E-state index contributed by atoms with van der Waals surface area (Å²) in [6, 6.07) is 22.4. The van der Waals surface area contributed by atoms with Crippen LogP contribution in [0.4, 0.5) is 0 Å². The third-order valence-electron chi connectivity index (χ3n) is 9.88. The van der Waals surface area contributed by atoms with E-state index in [9.17, 15) is 9.59 Å². The van der Waals surface area contributed by atoms with Gasteiger partial charge >= 0.3 is 11.9 Å². The Labute approximate surface area is 311 Å². The number of benzene rings is 4. The molecule has 2 unspecified atom stereocenters.